The molecule has 0 radical (unpaired) electrons. The minimum absolute atomic E-state index is 0.252. The Bertz CT molecular complexity index is 378. The van der Waals surface area contributed by atoms with Crippen LogP contribution in [0.1, 0.15) is 57.7 Å². The van der Waals surface area contributed by atoms with Crippen LogP contribution in [0.5, 0.6) is 0 Å². The Kier molecular flexibility index (Phi) is 4.99. The first-order chi connectivity index (χ1) is 7.99. The summed E-state index contributed by atoms with van der Waals surface area (Å²) in [7, 11) is 0. The minimum atomic E-state index is 0.252. The molecule has 1 aromatic rings. The summed E-state index contributed by atoms with van der Waals surface area (Å²) < 4.78 is 0. The summed E-state index contributed by atoms with van der Waals surface area (Å²) in [6.07, 6.45) is 7.84. The highest BCUT2D eigenvalue weighted by Crippen LogP contribution is 2.25. The molecule has 0 fully saturated rings. The molecule has 0 aliphatic carbocycles. The predicted octanol–water partition coefficient (Wildman–Crippen LogP) is 5.06. The first-order valence-corrected chi connectivity index (χ1v) is 6.72. The van der Waals surface area contributed by atoms with Crippen molar-refractivity contribution in [3.05, 3.63) is 47.0 Å². The van der Waals surface area contributed by atoms with E-state index in [0.717, 1.165) is 19.3 Å². The van der Waals surface area contributed by atoms with Crippen molar-refractivity contribution in [3.63, 3.8) is 0 Å². The van der Waals surface area contributed by atoms with Crippen LogP contribution < -0.4 is 0 Å². The van der Waals surface area contributed by atoms with E-state index in [-0.39, 0.29) is 5.41 Å². The smallest absolute Gasteiger partial charge is 0.0132 e. The fraction of sp³-hybridized carbons (Fsp3) is 0.529. The summed E-state index contributed by atoms with van der Waals surface area (Å²) in [4.78, 5) is 0. The SMILES string of the molecule is C/C=C\CCc1cc(C(C)(C)C)ccc1CC. The van der Waals surface area contributed by atoms with Gasteiger partial charge in [0, 0.05) is 0 Å². The average molecular weight is 230 g/mol. The van der Waals surface area contributed by atoms with E-state index in [1.54, 1.807) is 0 Å². The van der Waals surface area contributed by atoms with Crippen LogP contribution >= 0.6 is 0 Å². The number of hydrogen-bond acceptors (Lipinski definition) is 0. The molecule has 0 unspecified atom stereocenters. The zero-order valence-corrected chi connectivity index (χ0v) is 12.0. The third kappa shape index (κ3) is 4.03. The second-order valence-electron chi connectivity index (χ2n) is 5.69. The predicted molar refractivity (Wildman–Crippen MR) is 77.7 cm³/mol. The quantitative estimate of drug-likeness (QED) is 0.635. The molecule has 1 rings (SSSR count). The summed E-state index contributed by atoms with van der Waals surface area (Å²) in [6.45, 7) is 11.2. The lowest BCUT2D eigenvalue weighted by Crippen LogP contribution is -2.12. The van der Waals surface area contributed by atoms with Crippen molar-refractivity contribution in [3.8, 4) is 0 Å². The van der Waals surface area contributed by atoms with Gasteiger partial charge in [-0.25, -0.2) is 0 Å². The zero-order chi connectivity index (χ0) is 12.9. The van der Waals surface area contributed by atoms with E-state index >= 15 is 0 Å². The monoisotopic (exact) mass is 230 g/mol. The van der Waals surface area contributed by atoms with Crippen LogP contribution in [0.25, 0.3) is 0 Å². The van der Waals surface area contributed by atoms with Gasteiger partial charge in [-0.3, -0.25) is 0 Å². The van der Waals surface area contributed by atoms with Crippen molar-refractivity contribution >= 4 is 0 Å². The van der Waals surface area contributed by atoms with Crippen LogP contribution in [0.3, 0.4) is 0 Å². The van der Waals surface area contributed by atoms with Gasteiger partial charge in [-0.2, -0.15) is 0 Å². The van der Waals surface area contributed by atoms with E-state index in [2.05, 4.69) is 65.0 Å². The maximum Gasteiger partial charge on any atom is -0.0132 e. The highest BCUT2D eigenvalue weighted by atomic mass is 14.2. The molecule has 0 aromatic heterocycles. The lowest BCUT2D eigenvalue weighted by molar-refractivity contribution is 0.589. The minimum Gasteiger partial charge on any atom is -0.0917 e. The van der Waals surface area contributed by atoms with Gasteiger partial charge in [0.1, 0.15) is 0 Å². The van der Waals surface area contributed by atoms with Crippen molar-refractivity contribution < 1.29 is 0 Å². The summed E-state index contributed by atoms with van der Waals surface area (Å²) >= 11 is 0. The Balaban J connectivity index is 2.98. The third-order valence-corrected chi connectivity index (χ3v) is 3.27. The number of allylic oxidation sites excluding steroid dienone is 2. The molecule has 1 aromatic carbocycles. The second kappa shape index (κ2) is 6.05. The molecule has 0 bridgehead atoms. The molecule has 0 aliphatic heterocycles. The van der Waals surface area contributed by atoms with Gasteiger partial charge in [0.2, 0.25) is 0 Å². The van der Waals surface area contributed by atoms with Gasteiger partial charge < -0.3 is 0 Å². The zero-order valence-electron chi connectivity index (χ0n) is 12.0. The van der Waals surface area contributed by atoms with Crippen LogP contribution in [0, 0.1) is 0 Å². The number of benzene rings is 1. The van der Waals surface area contributed by atoms with Crippen molar-refractivity contribution in [2.45, 2.75) is 59.3 Å². The Morgan fingerprint density at radius 1 is 1.12 bits per heavy atom. The van der Waals surface area contributed by atoms with Crippen molar-refractivity contribution in [2.24, 2.45) is 0 Å². The highest BCUT2D eigenvalue weighted by molar-refractivity contribution is 5.35. The van der Waals surface area contributed by atoms with Crippen LogP contribution in [0.2, 0.25) is 0 Å². The molecule has 0 N–H and O–H groups in total. The maximum absolute atomic E-state index is 2.41. The van der Waals surface area contributed by atoms with Crippen LogP contribution in [-0.4, -0.2) is 0 Å². The van der Waals surface area contributed by atoms with Crippen LogP contribution in [-0.2, 0) is 18.3 Å². The molecular formula is C17H26. The Morgan fingerprint density at radius 3 is 2.35 bits per heavy atom. The molecule has 0 nitrogen and oxygen atoms in total. The molecule has 0 amide bonds. The van der Waals surface area contributed by atoms with Crippen molar-refractivity contribution in [1.82, 2.24) is 0 Å². The van der Waals surface area contributed by atoms with E-state index in [1.165, 1.54) is 16.7 Å². The third-order valence-electron chi connectivity index (χ3n) is 3.27. The Hall–Kier alpha value is -1.04. The summed E-state index contributed by atoms with van der Waals surface area (Å²) in [5.41, 5.74) is 4.73. The molecule has 0 atom stereocenters. The van der Waals surface area contributed by atoms with Crippen LogP contribution in [0.15, 0.2) is 30.4 Å². The lowest BCUT2D eigenvalue weighted by atomic mass is 9.84. The summed E-state index contributed by atoms with van der Waals surface area (Å²) in [5.74, 6) is 0. The fourth-order valence-corrected chi connectivity index (χ4v) is 2.08. The largest absolute Gasteiger partial charge is 0.0917 e. The molecule has 0 heterocycles. The van der Waals surface area contributed by atoms with Crippen LogP contribution in [0.4, 0.5) is 0 Å². The van der Waals surface area contributed by atoms with Gasteiger partial charge in [0.05, 0.1) is 0 Å². The number of hydrogen-bond donors (Lipinski definition) is 0. The normalized spacial score (nSPS) is 12.3. The fourth-order valence-electron chi connectivity index (χ4n) is 2.08. The lowest BCUT2D eigenvalue weighted by Gasteiger charge is -2.21. The van der Waals surface area contributed by atoms with E-state index in [9.17, 15) is 0 Å². The second-order valence-corrected chi connectivity index (χ2v) is 5.69. The molecular weight excluding hydrogens is 204 g/mol. The van der Waals surface area contributed by atoms with Gasteiger partial charge in [0.25, 0.3) is 0 Å². The van der Waals surface area contributed by atoms with Crippen molar-refractivity contribution in [2.75, 3.05) is 0 Å². The number of aryl methyl sites for hydroxylation is 2. The average Bonchev–Trinajstić information content (AvgIpc) is 2.28. The molecule has 0 aliphatic rings. The maximum atomic E-state index is 2.41. The van der Waals surface area contributed by atoms with E-state index in [0.29, 0.717) is 0 Å². The highest BCUT2D eigenvalue weighted by Gasteiger charge is 2.14. The molecule has 0 heteroatoms. The van der Waals surface area contributed by atoms with E-state index < -0.39 is 0 Å². The topological polar surface area (TPSA) is 0 Å². The van der Waals surface area contributed by atoms with Gasteiger partial charge in [0.15, 0.2) is 0 Å². The molecule has 0 saturated heterocycles. The number of rotatable bonds is 4. The molecule has 0 saturated carbocycles. The summed E-state index contributed by atoms with van der Waals surface area (Å²) in [6, 6.07) is 7.01. The Morgan fingerprint density at radius 2 is 1.82 bits per heavy atom. The van der Waals surface area contributed by atoms with Gasteiger partial charge in [-0.15, -0.1) is 0 Å². The molecule has 17 heavy (non-hydrogen) atoms. The van der Waals surface area contributed by atoms with E-state index in [4.69, 9.17) is 0 Å². The molecule has 94 valence electrons. The van der Waals surface area contributed by atoms with Gasteiger partial charge >= 0.3 is 0 Å². The Labute approximate surface area is 107 Å². The van der Waals surface area contributed by atoms with Gasteiger partial charge in [-0.1, -0.05) is 58.0 Å². The van der Waals surface area contributed by atoms with E-state index in [1.807, 2.05) is 0 Å². The standard InChI is InChI=1S/C17H26/c1-6-8-9-10-15-13-16(17(3,4)5)12-11-14(15)7-2/h6,8,11-13H,7,9-10H2,1-5H3/b8-6-. The first-order valence-electron chi connectivity index (χ1n) is 6.72. The van der Waals surface area contributed by atoms with Crippen molar-refractivity contribution in [1.29, 1.82) is 0 Å². The first kappa shape index (κ1) is 14.0. The molecule has 0 spiro atoms. The van der Waals surface area contributed by atoms with Gasteiger partial charge in [-0.05, 0) is 48.3 Å². The summed E-state index contributed by atoms with van der Waals surface area (Å²) in [5, 5.41) is 0.